The summed E-state index contributed by atoms with van der Waals surface area (Å²) in [6.07, 6.45) is 0. The Hall–Kier alpha value is -1.28. The van der Waals surface area contributed by atoms with Crippen molar-refractivity contribution in [3.8, 4) is 0 Å². The second-order valence-electron chi connectivity index (χ2n) is 8.07. The molecule has 2 heteroatoms. The molecule has 3 aromatic rings. The molecular formula is C27H37SiTi. The van der Waals surface area contributed by atoms with Crippen molar-refractivity contribution in [2.45, 2.75) is 54.5 Å². The van der Waals surface area contributed by atoms with Crippen molar-refractivity contribution in [1.29, 1.82) is 0 Å². The summed E-state index contributed by atoms with van der Waals surface area (Å²) in [4.78, 5) is 0. The van der Waals surface area contributed by atoms with Gasteiger partial charge in [0.15, 0.2) is 0 Å². The maximum absolute atomic E-state index is 2.43. The van der Waals surface area contributed by atoms with E-state index < -0.39 is 8.80 Å². The van der Waals surface area contributed by atoms with Gasteiger partial charge in [0.05, 0.1) is 0 Å². The van der Waals surface area contributed by atoms with Crippen LogP contribution < -0.4 is 10.4 Å². The van der Waals surface area contributed by atoms with Gasteiger partial charge in [0.1, 0.15) is 8.80 Å². The minimum atomic E-state index is -1.32. The molecule has 0 saturated heterocycles. The molecule has 0 spiro atoms. The van der Waals surface area contributed by atoms with Gasteiger partial charge in [0.2, 0.25) is 0 Å². The zero-order valence-corrected chi connectivity index (χ0v) is 22.5. The van der Waals surface area contributed by atoms with Gasteiger partial charge >= 0.3 is 21.7 Å². The van der Waals surface area contributed by atoms with E-state index in [0.29, 0.717) is 0 Å². The van der Waals surface area contributed by atoms with Crippen LogP contribution in [-0.4, -0.2) is 8.80 Å². The first-order valence-electron chi connectivity index (χ1n) is 9.64. The molecule has 3 rings (SSSR count). The first-order chi connectivity index (χ1) is 12.3. The van der Waals surface area contributed by atoms with E-state index in [2.05, 4.69) is 90.9 Å². The van der Waals surface area contributed by atoms with Crippen LogP contribution in [0.1, 0.15) is 44.5 Å². The van der Waals surface area contributed by atoms with Crippen molar-refractivity contribution in [3.05, 3.63) is 102 Å². The van der Waals surface area contributed by atoms with Gasteiger partial charge < -0.3 is 14.9 Å². The van der Waals surface area contributed by atoms with Gasteiger partial charge in [-0.3, -0.25) is 0 Å². The molecule has 29 heavy (non-hydrogen) atoms. The summed E-state index contributed by atoms with van der Waals surface area (Å²) in [5, 5.41) is 3.12. The van der Waals surface area contributed by atoms with E-state index in [1.807, 2.05) is 0 Å². The van der Waals surface area contributed by atoms with Gasteiger partial charge in [-0.05, 0) is 26.8 Å². The number of aryl methyl sites for hydroxylation is 3. The molecule has 0 aliphatic carbocycles. The van der Waals surface area contributed by atoms with Crippen LogP contribution in [0.2, 0.25) is 0 Å². The molecule has 1 unspecified atom stereocenters. The molecule has 0 bridgehead atoms. The van der Waals surface area contributed by atoms with Gasteiger partial charge in [-0.2, -0.15) is 27.8 Å². The number of hydrogen-bond acceptors (Lipinski definition) is 0. The fourth-order valence-corrected chi connectivity index (χ4v) is 7.71. The third-order valence-electron chi connectivity index (χ3n) is 6.13. The number of rotatable bonds is 4. The molecule has 0 amide bonds. The zero-order valence-electron chi connectivity index (χ0n) is 19.8. The Bertz CT molecular complexity index is 886. The Kier molecular flexibility index (Phi) is 10.7. The van der Waals surface area contributed by atoms with E-state index in [-0.39, 0.29) is 36.6 Å². The fraction of sp³-hybridized carbons (Fsp3) is 0.296. The topological polar surface area (TPSA) is 0 Å². The molecule has 0 N–H and O–H groups in total. The average molecular weight is 438 g/mol. The van der Waals surface area contributed by atoms with Crippen molar-refractivity contribution >= 4 is 19.2 Å². The molecule has 0 heterocycles. The molecule has 1 atom stereocenters. The van der Waals surface area contributed by atoms with Crippen LogP contribution in [-0.2, 0) is 27.8 Å². The summed E-state index contributed by atoms with van der Waals surface area (Å²) in [7, 11) is -1.32. The van der Waals surface area contributed by atoms with Crippen molar-refractivity contribution in [2.75, 3.05) is 0 Å². The van der Waals surface area contributed by atoms with Crippen LogP contribution in [0.3, 0.4) is 0 Å². The number of benzene rings is 2. The van der Waals surface area contributed by atoms with Gasteiger partial charge in [-0.25, -0.2) is 0 Å². The van der Waals surface area contributed by atoms with E-state index in [1.165, 1.54) is 45.0 Å². The smallest absolute Gasteiger partial charge is 0.358 e. The normalized spacial score (nSPS) is 11.1. The van der Waals surface area contributed by atoms with E-state index in [9.17, 15) is 0 Å². The molecule has 0 aliphatic rings. The number of hydrogen-bond donors (Lipinski definition) is 0. The zero-order chi connectivity index (χ0) is 19.0. The summed E-state index contributed by atoms with van der Waals surface area (Å²) in [6, 6.07) is 17.6. The van der Waals surface area contributed by atoms with Gasteiger partial charge in [-0.1, -0.05) is 97.2 Å². The van der Waals surface area contributed by atoms with Crippen molar-refractivity contribution < 1.29 is 21.7 Å². The molecule has 0 nitrogen and oxygen atoms in total. The fourth-order valence-electron chi connectivity index (χ4n) is 4.24. The van der Waals surface area contributed by atoms with Crippen LogP contribution in [0.15, 0.2) is 42.5 Å². The predicted octanol–water partition coefficient (Wildman–Crippen LogP) is 5.59. The Morgan fingerprint density at radius 1 is 0.690 bits per heavy atom. The quantitative estimate of drug-likeness (QED) is 0.369. The van der Waals surface area contributed by atoms with Crippen LogP contribution in [0.25, 0.3) is 0 Å². The minimum absolute atomic E-state index is 0. The van der Waals surface area contributed by atoms with Crippen LogP contribution in [0, 0.1) is 63.3 Å². The van der Waals surface area contributed by atoms with E-state index >= 15 is 0 Å². The third kappa shape index (κ3) is 5.88. The van der Waals surface area contributed by atoms with Gasteiger partial charge in [0.25, 0.3) is 0 Å². The monoisotopic (exact) mass is 437 g/mol. The minimum Gasteiger partial charge on any atom is -0.358 e. The summed E-state index contributed by atoms with van der Waals surface area (Å²) in [5.41, 5.74) is 11.7. The van der Waals surface area contributed by atoms with Gasteiger partial charge in [0, 0.05) is 0 Å². The van der Waals surface area contributed by atoms with Crippen molar-refractivity contribution in [1.82, 2.24) is 0 Å². The van der Waals surface area contributed by atoms with E-state index in [4.69, 9.17) is 0 Å². The second kappa shape index (κ2) is 11.2. The standard InChI is InChI=1S/C25H31Si.2CH3.Ti/c1-16-8-10-23(11-9-16)26(24-13-17(2)12-18(3)14-24)15-25-21(6)19(4)20(5)22(25)7;;;/h8-14,26H,15H2,1-7H3;2*1H3;/q3*-1;+3. The van der Waals surface area contributed by atoms with Crippen LogP contribution in [0.5, 0.6) is 0 Å². The molecule has 0 saturated carbocycles. The molecule has 0 aromatic heterocycles. The summed E-state index contributed by atoms with van der Waals surface area (Å²) in [6.45, 7) is 15.8. The van der Waals surface area contributed by atoms with E-state index in [1.54, 1.807) is 15.9 Å². The SMILES string of the molecule is Cc1ccc([SiH](Cc2c(C)c(C)c(C)[c-]2C)c2cc(C)cc(C)c2)cc1.[CH3-].[CH3-].[Ti+3]. The second-order valence-corrected chi connectivity index (χ2v) is 10.9. The van der Waals surface area contributed by atoms with Crippen LogP contribution in [0.4, 0.5) is 0 Å². The largest absolute Gasteiger partial charge is 3.00 e. The first kappa shape index (κ1) is 27.7. The van der Waals surface area contributed by atoms with Crippen molar-refractivity contribution in [2.24, 2.45) is 0 Å². The molecule has 1 radical (unpaired) electrons. The maximum atomic E-state index is 2.43. The average Bonchev–Trinajstić information content (AvgIpc) is 2.77. The molecule has 0 fully saturated rings. The Morgan fingerprint density at radius 3 is 1.66 bits per heavy atom. The van der Waals surface area contributed by atoms with Crippen molar-refractivity contribution in [3.63, 3.8) is 0 Å². The summed E-state index contributed by atoms with van der Waals surface area (Å²) >= 11 is 0. The maximum Gasteiger partial charge on any atom is 3.00 e. The Balaban J connectivity index is 0.00000261. The third-order valence-corrected chi connectivity index (χ3v) is 9.27. The van der Waals surface area contributed by atoms with Gasteiger partial charge in [-0.15, -0.1) is 0 Å². The summed E-state index contributed by atoms with van der Waals surface area (Å²) in [5.74, 6) is 0. The molecule has 153 valence electrons. The first-order valence-corrected chi connectivity index (χ1v) is 11.6. The Morgan fingerprint density at radius 2 is 1.21 bits per heavy atom. The predicted molar refractivity (Wildman–Crippen MR) is 131 cm³/mol. The molecule has 3 aromatic carbocycles. The van der Waals surface area contributed by atoms with E-state index in [0.717, 1.165) is 0 Å². The Labute approximate surface area is 196 Å². The molecule has 0 aliphatic heterocycles. The van der Waals surface area contributed by atoms with Crippen LogP contribution >= 0.6 is 0 Å². The molecular weight excluding hydrogens is 400 g/mol. The summed E-state index contributed by atoms with van der Waals surface area (Å²) < 4.78 is 0.